The Morgan fingerprint density at radius 3 is 2.52 bits per heavy atom. The van der Waals surface area contributed by atoms with Crippen LogP contribution < -0.4 is 80.4 Å². The predicted octanol–water partition coefficient (Wildman–Crippen LogP) is -10.2. The summed E-state index contributed by atoms with van der Waals surface area (Å²) in [6, 6.07) is -1.15. The van der Waals surface area contributed by atoms with Crippen molar-refractivity contribution in [3.63, 3.8) is 0 Å². The fraction of sp³-hybridized carbons (Fsp3) is 0.333. The van der Waals surface area contributed by atoms with Gasteiger partial charge >= 0.3 is 59.1 Å². The second-order valence-electron chi connectivity index (χ2n) is 5.95. The Kier molecular flexibility index (Phi) is 10.1. The number of carboxylic acids is 2. The maximum atomic E-state index is 12.8. The quantitative estimate of drug-likeness (QED) is 0.230. The second-order valence-corrected chi connectivity index (χ2v) is 6.84. The van der Waals surface area contributed by atoms with Crippen LogP contribution in [0.1, 0.15) is 12.1 Å². The Labute approximate surface area is 223 Å². The first-order valence-corrected chi connectivity index (χ1v) is 9.00. The molecule has 31 heavy (non-hydrogen) atoms. The number of hydrogen-bond acceptors (Lipinski definition) is 12. The smallest absolute Gasteiger partial charge is 0.545 e. The molecule has 0 aliphatic carbocycles. The third-order valence-electron chi connectivity index (χ3n) is 4.21. The number of nitrogen functional groups attached to an aromatic ring is 1. The number of rotatable bonds is 6. The molecule has 154 valence electrons. The molecule has 16 heteroatoms. The number of oxime groups is 1. The summed E-state index contributed by atoms with van der Waals surface area (Å²) in [5.41, 5.74) is 4.06. The summed E-state index contributed by atoms with van der Waals surface area (Å²) in [4.78, 5) is 56.6. The van der Waals surface area contributed by atoms with E-state index in [9.17, 15) is 29.4 Å². The van der Waals surface area contributed by atoms with Gasteiger partial charge < -0.3 is 35.7 Å². The fourth-order valence-electron chi connectivity index (χ4n) is 3.00. The van der Waals surface area contributed by atoms with Crippen LogP contribution in [0.5, 0.6) is 0 Å². The number of nitrogens with two attached hydrogens (primary N) is 1. The van der Waals surface area contributed by atoms with Gasteiger partial charge in [-0.3, -0.25) is 9.59 Å². The van der Waals surface area contributed by atoms with Crippen LogP contribution in [-0.2, 0) is 24.0 Å². The van der Waals surface area contributed by atoms with Gasteiger partial charge in [0, 0.05) is 24.0 Å². The van der Waals surface area contributed by atoms with Gasteiger partial charge in [-0.1, -0.05) is 5.16 Å². The van der Waals surface area contributed by atoms with Crippen LogP contribution in [0.2, 0.25) is 0 Å². The van der Waals surface area contributed by atoms with Crippen LogP contribution in [0.3, 0.4) is 0 Å². The van der Waals surface area contributed by atoms with Crippen LogP contribution in [0.4, 0.5) is 5.13 Å². The van der Waals surface area contributed by atoms with Gasteiger partial charge in [0.05, 0.1) is 17.6 Å². The van der Waals surface area contributed by atoms with Crippen LogP contribution in [-0.4, -0.2) is 70.7 Å². The van der Waals surface area contributed by atoms with Gasteiger partial charge in [0.1, 0.15) is 18.8 Å². The molecule has 1 atom stereocenters. The first-order valence-electron chi connectivity index (χ1n) is 8.12. The number of hydrazine groups is 1. The molecule has 3 N–H and O–H groups in total. The van der Waals surface area contributed by atoms with E-state index in [4.69, 9.17) is 5.73 Å². The standard InChI is InChI=1S/C15H16N6O7S.2Na/c1-28-19-9(8-5-29-15(16)18-8)11(22)17-7-2-3-20-4-6(13(24)25)10(14(26)27)21(20)12(7)23;;/h5,7H,2-4H2,1H3,(H2,16,18)(H,17,22)(H,24,25)(H,26,27);;/q;2*+1/p-2/b19-9+;;. The van der Waals surface area contributed by atoms with Crippen LogP contribution >= 0.6 is 11.3 Å². The van der Waals surface area contributed by atoms with E-state index in [2.05, 4.69) is 20.3 Å². The second kappa shape index (κ2) is 11.4. The average Bonchev–Trinajstić information content (AvgIpc) is 3.26. The summed E-state index contributed by atoms with van der Waals surface area (Å²) in [6.07, 6.45) is 0.0984. The Balaban J connectivity index is 0.00000240. The first-order chi connectivity index (χ1) is 13.7. The molecule has 2 aliphatic heterocycles. The molecule has 2 aliphatic rings. The molecular weight excluding hydrogens is 454 g/mol. The molecular formula is C15H14N6Na2O7S. The molecule has 0 aromatic carbocycles. The summed E-state index contributed by atoms with van der Waals surface area (Å²) in [7, 11) is 1.22. The van der Waals surface area contributed by atoms with Crippen molar-refractivity contribution in [2.45, 2.75) is 12.5 Å². The van der Waals surface area contributed by atoms with Crippen molar-refractivity contribution in [3.05, 3.63) is 22.3 Å². The predicted molar refractivity (Wildman–Crippen MR) is 92.1 cm³/mol. The molecule has 1 saturated heterocycles. The van der Waals surface area contributed by atoms with Gasteiger partial charge in [0.2, 0.25) is 0 Å². The van der Waals surface area contributed by atoms with Crippen molar-refractivity contribution in [2.24, 2.45) is 5.16 Å². The number of nitrogens with one attached hydrogen (secondary N) is 1. The summed E-state index contributed by atoms with van der Waals surface area (Å²) < 4.78 is 0. The minimum Gasteiger partial charge on any atom is -0.545 e. The van der Waals surface area contributed by atoms with Crippen molar-refractivity contribution < 1.29 is 93.3 Å². The van der Waals surface area contributed by atoms with Gasteiger partial charge in [0.15, 0.2) is 10.8 Å². The van der Waals surface area contributed by atoms with Crippen molar-refractivity contribution >= 4 is 45.9 Å². The number of amides is 2. The van der Waals surface area contributed by atoms with Crippen molar-refractivity contribution in [1.29, 1.82) is 0 Å². The topological polar surface area (TPSA) is 193 Å². The zero-order chi connectivity index (χ0) is 21.3. The Hall–Kier alpha value is -1.52. The number of hydrogen-bond donors (Lipinski definition) is 2. The van der Waals surface area contributed by atoms with E-state index in [-0.39, 0.29) is 95.2 Å². The van der Waals surface area contributed by atoms with Gasteiger partial charge in [-0.15, -0.1) is 11.3 Å². The van der Waals surface area contributed by atoms with E-state index in [1.807, 2.05) is 0 Å². The van der Waals surface area contributed by atoms with Gasteiger partial charge in [-0.05, 0) is 6.42 Å². The van der Waals surface area contributed by atoms with E-state index in [1.54, 1.807) is 0 Å². The molecule has 0 saturated carbocycles. The summed E-state index contributed by atoms with van der Waals surface area (Å²) in [5.74, 6) is -5.20. The normalized spacial score (nSPS) is 18.6. The fourth-order valence-corrected chi connectivity index (χ4v) is 3.55. The minimum absolute atomic E-state index is 0. The van der Waals surface area contributed by atoms with E-state index >= 15 is 0 Å². The third-order valence-corrected chi connectivity index (χ3v) is 4.89. The number of aromatic nitrogens is 1. The van der Waals surface area contributed by atoms with E-state index < -0.39 is 41.1 Å². The third kappa shape index (κ3) is 5.64. The van der Waals surface area contributed by atoms with Crippen molar-refractivity contribution in [2.75, 3.05) is 25.9 Å². The molecule has 3 rings (SSSR count). The van der Waals surface area contributed by atoms with Crippen molar-refractivity contribution in [3.8, 4) is 0 Å². The Morgan fingerprint density at radius 1 is 1.32 bits per heavy atom. The number of carbonyl (C=O) groups is 4. The largest absolute Gasteiger partial charge is 1.00 e. The van der Waals surface area contributed by atoms with Gasteiger partial charge in [-0.2, -0.15) is 0 Å². The summed E-state index contributed by atoms with van der Waals surface area (Å²) in [6.45, 7) is -0.225. The minimum atomic E-state index is -1.84. The molecule has 1 unspecified atom stereocenters. The SMILES string of the molecule is CO/N=C(/C(=O)NC1CCN2CC(C(=O)[O-])=C(C(=O)[O-])N2C1=O)c1csc(N)n1.[Na+].[Na+]. The first kappa shape index (κ1) is 27.5. The van der Waals surface area contributed by atoms with Gasteiger partial charge in [-0.25, -0.2) is 15.0 Å². The molecule has 1 fully saturated rings. The number of anilines is 1. The van der Waals surface area contributed by atoms with E-state index in [0.717, 1.165) is 11.3 Å². The van der Waals surface area contributed by atoms with Crippen LogP contribution in [0.15, 0.2) is 21.8 Å². The molecule has 3 heterocycles. The molecule has 0 radical (unpaired) electrons. The maximum absolute atomic E-state index is 12.8. The molecule has 13 nitrogen and oxygen atoms in total. The zero-order valence-corrected chi connectivity index (χ0v) is 21.7. The number of aliphatic carboxylic acids is 2. The zero-order valence-electron chi connectivity index (χ0n) is 16.9. The number of fused-ring (bicyclic) bond motifs is 1. The molecule has 1 aromatic rings. The average molecular weight is 468 g/mol. The van der Waals surface area contributed by atoms with E-state index in [0.29, 0.717) is 5.01 Å². The van der Waals surface area contributed by atoms with E-state index in [1.165, 1.54) is 17.5 Å². The number of carbonyl (C=O) groups excluding carboxylic acids is 4. The maximum Gasteiger partial charge on any atom is 1.00 e. The van der Waals surface area contributed by atoms with Crippen LogP contribution in [0.25, 0.3) is 0 Å². The Morgan fingerprint density at radius 2 is 2.00 bits per heavy atom. The number of nitrogens with zero attached hydrogens (tertiary/aromatic N) is 4. The molecule has 1 aromatic heterocycles. The summed E-state index contributed by atoms with van der Waals surface area (Å²) >= 11 is 1.07. The summed E-state index contributed by atoms with van der Waals surface area (Å²) in [5, 5.41) is 32.2. The van der Waals surface area contributed by atoms with Gasteiger partial charge in [0.25, 0.3) is 11.8 Å². The molecule has 0 bridgehead atoms. The number of carboxylic acid groups (broad SMARTS) is 2. The number of thiazole rings is 1. The van der Waals surface area contributed by atoms with Crippen molar-refractivity contribution in [1.82, 2.24) is 20.3 Å². The monoisotopic (exact) mass is 468 g/mol. The van der Waals surface area contributed by atoms with Crippen LogP contribution in [0, 0.1) is 0 Å². The molecule has 2 amide bonds. The Bertz CT molecular complexity index is 965. The molecule has 0 spiro atoms.